The van der Waals surface area contributed by atoms with Crippen LogP contribution in [0.5, 0.6) is 0 Å². The quantitative estimate of drug-likeness (QED) is 0.893. The minimum Gasteiger partial charge on any atom is -0.330 e. The Bertz CT molecular complexity index is 540. The highest BCUT2D eigenvalue weighted by Gasteiger charge is 2.10. The summed E-state index contributed by atoms with van der Waals surface area (Å²) in [5, 5.41) is 0. The average molecular weight is 242 g/mol. The molecule has 0 radical (unpaired) electrons. The predicted octanol–water partition coefficient (Wildman–Crippen LogP) is 1.97. The Labute approximate surface area is 107 Å². The third-order valence-corrected chi connectivity index (χ3v) is 3.08. The molecule has 4 nitrogen and oxygen atoms in total. The number of nitrogens with two attached hydrogens (primary N) is 1. The van der Waals surface area contributed by atoms with Crippen molar-refractivity contribution in [1.29, 1.82) is 0 Å². The SMILES string of the molecule is Cc1cnccc1-c1nc(C)c(CCN)c(C)n1. The second-order valence-corrected chi connectivity index (χ2v) is 4.43. The van der Waals surface area contributed by atoms with Crippen molar-refractivity contribution >= 4 is 0 Å². The van der Waals surface area contributed by atoms with E-state index in [9.17, 15) is 0 Å². The summed E-state index contributed by atoms with van der Waals surface area (Å²) in [4.78, 5) is 13.3. The van der Waals surface area contributed by atoms with Crippen molar-refractivity contribution in [1.82, 2.24) is 15.0 Å². The highest BCUT2D eigenvalue weighted by atomic mass is 14.9. The van der Waals surface area contributed by atoms with E-state index < -0.39 is 0 Å². The summed E-state index contributed by atoms with van der Waals surface area (Å²) in [6, 6.07) is 1.95. The van der Waals surface area contributed by atoms with Crippen LogP contribution in [0.4, 0.5) is 0 Å². The first-order valence-electron chi connectivity index (χ1n) is 6.08. The monoisotopic (exact) mass is 242 g/mol. The third-order valence-electron chi connectivity index (χ3n) is 3.08. The Hall–Kier alpha value is -1.81. The molecule has 0 aromatic carbocycles. The normalized spacial score (nSPS) is 10.7. The lowest BCUT2D eigenvalue weighted by atomic mass is 10.1. The van der Waals surface area contributed by atoms with Gasteiger partial charge in [0.15, 0.2) is 5.82 Å². The maximum Gasteiger partial charge on any atom is 0.160 e. The number of hydrogen-bond acceptors (Lipinski definition) is 4. The molecule has 18 heavy (non-hydrogen) atoms. The van der Waals surface area contributed by atoms with Crippen LogP contribution in [0.2, 0.25) is 0 Å². The summed E-state index contributed by atoms with van der Waals surface area (Å²) in [6.45, 7) is 6.67. The first kappa shape index (κ1) is 12.6. The van der Waals surface area contributed by atoms with E-state index in [1.807, 2.05) is 33.0 Å². The molecule has 2 aromatic heterocycles. The molecule has 2 rings (SSSR count). The van der Waals surface area contributed by atoms with E-state index in [1.54, 1.807) is 6.20 Å². The molecule has 0 aliphatic heterocycles. The minimum atomic E-state index is 0.624. The van der Waals surface area contributed by atoms with Gasteiger partial charge in [-0.3, -0.25) is 4.98 Å². The second-order valence-electron chi connectivity index (χ2n) is 4.43. The van der Waals surface area contributed by atoms with Crippen LogP contribution in [-0.2, 0) is 6.42 Å². The van der Waals surface area contributed by atoms with Gasteiger partial charge in [0, 0.05) is 29.3 Å². The van der Waals surface area contributed by atoms with Crippen molar-refractivity contribution in [3.63, 3.8) is 0 Å². The zero-order valence-corrected chi connectivity index (χ0v) is 11.1. The van der Waals surface area contributed by atoms with Crippen LogP contribution in [0.3, 0.4) is 0 Å². The Morgan fingerprint density at radius 1 is 1.11 bits per heavy atom. The Morgan fingerprint density at radius 2 is 1.78 bits per heavy atom. The smallest absolute Gasteiger partial charge is 0.160 e. The fourth-order valence-electron chi connectivity index (χ4n) is 2.09. The van der Waals surface area contributed by atoms with Gasteiger partial charge in [-0.2, -0.15) is 0 Å². The predicted molar refractivity (Wildman–Crippen MR) is 72.2 cm³/mol. The number of aryl methyl sites for hydroxylation is 3. The summed E-state index contributed by atoms with van der Waals surface area (Å²) < 4.78 is 0. The number of pyridine rings is 1. The molecular weight excluding hydrogens is 224 g/mol. The topological polar surface area (TPSA) is 64.7 Å². The minimum absolute atomic E-state index is 0.624. The maximum atomic E-state index is 5.61. The third kappa shape index (κ3) is 2.38. The van der Waals surface area contributed by atoms with Crippen molar-refractivity contribution in [2.45, 2.75) is 27.2 Å². The lowest BCUT2D eigenvalue weighted by Crippen LogP contribution is -2.09. The fraction of sp³-hybridized carbons (Fsp3) is 0.357. The molecule has 0 amide bonds. The summed E-state index contributed by atoms with van der Waals surface area (Å²) >= 11 is 0. The molecule has 2 aromatic rings. The van der Waals surface area contributed by atoms with Crippen LogP contribution in [0.1, 0.15) is 22.5 Å². The van der Waals surface area contributed by atoms with Gasteiger partial charge in [0.1, 0.15) is 0 Å². The number of rotatable bonds is 3. The van der Waals surface area contributed by atoms with E-state index in [0.717, 1.165) is 40.3 Å². The Kier molecular flexibility index (Phi) is 3.67. The van der Waals surface area contributed by atoms with Crippen LogP contribution >= 0.6 is 0 Å². The number of aromatic nitrogens is 3. The standard InChI is InChI=1S/C14H18N4/c1-9-8-16-7-5-12(9)14-17-10(2)13(4-6-15)11(3)18-14/h5,7-8H,4,6,15H2,1-3H3. The van der Waals surface area contributed by atoms with Crippen molar-refractivity contribution in [2.24, 2.45) is 5.73 Å². The molecule has 0 aliphatic carbocycles. The average Bonchev–Trinajstić information content (AvgIpc) is 2.34. The van der Waals surface area contributed by atoms with Gasteiger partial charge in [0.25, 0.3) is 0 Å². The van der Waals surface area contributed by atoms with E-state index in [-0.39, 0.29) is 0 Å². The van der Waals surface area contributed by atoms with E-state index >= 15 is 0 Å². The zero-order chi connectivity index (χ0) is 13.1. The molecule has 0 aliphatic rings. The van der Waals surface area contributed by atoms with Gasteiger partial charge < -0.3 is 5.73 Å². The van der Waals surface area contributed by atoms with Gasteiger partial charge in [-0.15, -0.1) is 0 Å². The lowest BCUT2D eigenvalue weighted by Gasteiger charge is -2.11. The van der Waals surface area contributed by atoms with Gasteiger partial charge >= 0.3 is 0 Å². The molecule has 0 unspecified atom stereocenters. The number of hydrogen-bond donors (Lipinski definition) is 1. The molecule has 2 heterocycles. The summed E-state index contributed by atoms with van der Waals surface area (Å²) in [6.07, 6.45) is 4.43. The molecule has 0 saturated heterocycles. The van der Waals surface area contributed by atoms with E-state index in [2.05, 4.69) is 15.0 Å². The summed E-state index contributed by atoms with van der Waals surface area (Å²) in [5.74, 6) is 0.769. The van der Waals surface area contributed by atoms with E-state index in [4.69, 9.17) is 5.73 Å². The van der Waals surface area contributed by atoms with Crippen molar-refractivity contribution in [3.05, 3.63) is 41.0 Å². The second kappa shape index (κ2) is 5.23. The highest BCUT2D eigenvalue weighted by Crippen LogP contribution is 2.21. The largest absolute Gasteiger partial charge is 0.330 e. The number of nitrogens with zero attached hydrogens (tertiary/aromatic N) is 3. The lowest BCUT2D eigenvalue weighted by molar-refractivity contribution is 0.898. The summed E-state index contributed by atoms with van der Waals surface area (Å²) in [5.41, 5.74) is 10.9. The van der Waals surface area contributed by atoms with Crippen LogP contribution in [0, 0.1) is 20.8 Å². The maximum absolute atomic E-state index is 5.61. The van der Waals surface area contributed by atoms with Gasteiger partial charge in [-0.05, 0) is 50.9 Å². The Morgan fingerprint density at radius 3 is 2.33 bits per heavy atom. The molecule has 0 saturated carbocycles. The van der Waals surface area contributed by atoms with Crippen molar-refractivity contribution < 1.29 is 0 Å². The van der Waals surface area contributed by atoms with Crippen LogP contribution in [0.25, 0.3) is 11.4 Å². The first-order chi connectivity index (χ1) is 8.63. The van der Waals surface area contributed by atoms with Crippen molar-refractivity contribution in [3.8, 4) is 11.4 Å². The highest BCUT2D eigenvalue weighted by molar-refractivity contribution is 5.59. The molecule has 0 spiro atoms. The van der Waals surface area contributed by atoms with Gasteiger partial charge in [0.05, 0.1) is 0 Å². The van der Waals surface area contributed by atoms with Crippen LogP contribution < -0.4 is 5.73 Å². The Balaban J connectivity index is 2.52. The molecule has 2 N–H and O–H groups in total. The first-order valence-corrected chi connectivity index (χ1v) is 6.08. The molecule has 4 heteroatoms. The van der Waals surface area contributed by atoms with E-state index in [1.165, 1.54) is 0 Å². The zero-order valence-electron chi connectivity index (χ0n) is 11.1. The molecule has 0 atom stereocenters. The fourth-order valence-corrected chi connectivity index (χ4v) is 2.09. The van der Waals surface area contributed by atoms with Gasteiger partial charge in [0.2, 0.25) is 0 Å². The molecular formula is C14H18N4. The molecule has 0 fully saturated rings. The molecule has 94 valence electrons. The van der Waals surface area contributed by atoms with Crippen molar-refractivity contribution in [2.75, 3.05) is 6.54 Å². The van der Waals surface area contributed by atoms with Gasteiger partial charge in [-0.1, -0.05) is 0 Å². The van der Waals surface area contributed by atoms with Gasteiger partial charge in [-0.25, -0.2) is 9.97 Å². The van der Waals surface area contributed by atoms with Crippen LogP contribution in [-0.4, -0.2) is 21.5 Å². The van der Waals surface area contributed by atoms with Crippen LogP contribution in [0.15, 0.2) is 18.5 Å². The molecule has 0 bridgehead atoms. The van der Waals surface area contributed by atoms with E-state index in [0.29, 0.717) is 6.54 Å². The summed E-state index contributed by atoms with van der Waals surface area (Å²) in [7, 11) is 0.